The number of hydrogen-bond acceptors (Lipinski definition) is 3. The average molecular weight is 537 g/mol. The average Bonchev–Trinajstić information content (AvgIpc) is 2.90. The first-order chi connectivity index (χ1) is 9.73. The van der Waals surface area contributed by atoms with E-state index in [1.165, 1.54) is 6.07 Å². The first kappa shape index (κ1) is 17.1. The number of nitrogens with zero attached hydrogens (tertiary/aromatic N) is 1. The molecule has 9 heteroatoms. The van der Waals surface area contributed by atoms with E-state index in [9.17, 15) is 13.6 Å². The summed E-state index contributed by atoms with van der Waals surface area (Å²) in [4.78, 5) is 12.3. The van der Waals surface area contributed by atoms with E-state index >= 15 is 0 Å². The molecule has 1 aromatic rings. The summed E-state index contributed by atoms with van der Waals surface area (Å²) in [5, 5.41) is 6.23. The molecule has 0 bridgehead atoms. The number of alkyl halides is 2. The van der Waals surface area contributed by atoms with Gasteiger partial charge in [0.2, 0.25) is 5.91 Å². The van der Waals surface area contributed by atoms with Crippen molar-refractivity contribution >= 4 is 66.5 Å². The Bertz CT molecular complexity index is 606. The Hall–Kier alpha value is -0.290. The fourth-order valence-electron chi connectivity index (χ4n) is 1.80. The number of hydrazone groups is 1. The Labute approximate surface area is 150 Å². The number of rotatable bonds is 3. The molecule has 1 aromatic carbocycles. The van der Waals surface area contributed by atoms with E-state index in [1.807, 2.05) is 0 Å². The Morgan fingerprint density at radius 2 is 1.90 bits per heavy atom. The van der Waals surface area contributed by atoms with E-state index in [-0.39, 0.29) is 17.3 Å². The molecule has 2 N–H and O–H groups in total. The molecule has 0 spiro atoms. The summed E-state index contributed by atoms with van der Waals surface area (Å²) >= 11 is 8.44. The summed E-state index contributed by atoms with van der Waals surface area (Å²) in [5.74, 6) is -2.19. The molecule has 1 atom stereocenters. The standard InChI is InChI=1S/C12H10Br2F2IN3O/c1-11(5-12(11,13)14)10(21)18-9(19-20-17)8-6(15)3-2-4-7(8)16/h2-4,20H,5H2,1H3,(H,18,19,21). The molecule has 1 fully saturated rings. The van der Waals surface area contributed by atoms with Gasteiger partial charge in [-0.15, -0.1) is 0 Å². The second-order valence-electron chi connectivity index (χ2n) is 4.81. The molecule has 1 amide bonds. The van der Waals surface area contributed by atoms with Crippen molar-refractivity contribution in [2.24, 2.45) is 10.5 Å². The molecule has 114 valence electrons. The first-order valence-corrected chi connectivity index (χ1v) is 8.46. The van der Waals surface area contributed by atoms with Crippen LogP contribution in [0.3, 0.4) is 0 Å². The van der Waals surface area contributed by atoms with Gasteiger partial charge in [0.05, 0.1) is 37.1 Å². The third-order valence-electron chi connectivity index (χ3n) is 3.34. The van der Waals surface area contributed by atoms with Crippen molar-refractivity contribution in [3.8, 4) is 0 Å². The van der Waals surface area contributed by atoms with Crippen molar-refractivity contribution in [3.05, 3.63) is 35.4 Å². The zero-order chi connectivity index (χ0) is 15.8. The lowest BCUT2D eigenvalue weighted by Crippen LogP contribution is -2.39. The van der Waals surface area contributed by atoms with Crippen molar-refractivity contribution in [1.29, 1.82) is 0 Å². The van der Waals surface area contributed by atoms with E-state index in [0.29, 0.717) is 6.42 Å². The third-order valence-corrected chi connectivity index (χ3v) is 5.90. The summed E-state index contributed by atoms with van der Waals surface area (Å²) in [6.07, 6.45) is 0.552. The van der Waals surface area contributed by atoms with E-state index in [1.54, 1.807) is 29.8 Å². The molecule has 21 heavy (non-hydrogen) atoms. The molecule has 1 unspecified atom stereocenters. The minimum absolute atomic E-state index is 0.200. The van der Waals surface area contributed by atoms with Gasteiger partial charge < -0.3 is 5.32 Å². The molecule has 1 aliphatic rings. The maximum atomic E-state index is 13.8. The summed E-state index contributed by atoms with van der Waals surface area (Å²) in [7, 11) is 0. The van der Waals surface area contributed by atoms with Crippen LogP contribution in [0.1, 0.15) is 18.9 Å². The van der Waals surface area contributed by atoms with Crippen LogP contribution in [-0.4, -0.2) is 15.0 Å². The molecule has 0 heterocycles. The minimum atomic E-state index is -0.800. The molecule has 0 aromatic heterocycles. The van der Waals surface area contributed by atoms with Crippen LogP contribution in [-0.2, 0) is 4.79 Å². The van der Waals surface area contributed by atoms with Crippen molar-refractivity contribution in [1.82, 2.24) is 8.96 Å². The number of amidine groups is 1. The summed E-state index contributed by atoms with van der Waals surface area (Å²) in [6.45, 7) is 1.73. The SMILES string of the molecule is CC1(C(=O)N/C(=N\NI)c2c(F)cccc2F)CC1(Br)Br. The van der Waals surface area contributed by atoms with E-state index in [0.717, 1.165) is 12.1 Å². The molecule has 0 radical (unpaired) electrons. The van der Waals surface area contributed by atoms with Crippen molar-refractivity contribution in [3.63, 3.8) is 0 Å². The lowest BCUT2D eigenvalue weighted by atomic mass is 10.1. The Kier molecular flexibility index (Phi) is 4.94. The quantitative estimate of drug-likeness (QED) is 0.155. The minimum Gasteiger partial charge on any atom is -0.308 e. The fraction of sp³-hybridized carbons (Fsp3) is 0.333. The molecule has 0 saturated heterocycles. The summed E-state index contributed by atoms with van der Waals surface area (Å²) < 4.78 is 29.5. The van der Waals surface area contributed by atoms with Gasteiger partial charge in [-0.25, -0.2) is 12.4 Å². The molecule has 4 nitrogen and oxygen atoms in total. The number of nitrogens with one attached hydrogen (secondary N) is 2. The van der Waals surface area contributed by atoms with Crippen LogP contribution in [0, 0.1) is 17.0 Å². The predicted molar refractivity (Wildman–Crippen MR) is 91.5 cm³/mol. The zero-order valence-electron chi connectivity index (χ0n) is 10.7. The number of benzene rings is 1. The Morgan fingerprint density at radius 1 is 1.38 bits per heavy atom. The van der Waals surface area contributed by atoms with E-state index < -0.39 is 20.3 Å². The highest BCUT2D eigenvalue weighted by Gasteiger charge is 2.66. The Balaban J connectivity index is 2.30. The fourth-order valence-corrected chi connectivity index (χ4v) is 3.53. The predicted octanol–water partition coefficient (Wildman–Crippen LogP) is 3.58. The highest BCUT2D eigenvalue weighted by molar-refractivity contribution is 14.1. The summed E-state index contributed by atoms with van der Waals surface area (Å²) in [6, 6.07) is 3.45. The second kappa shape index (κ2) is 6.07. The molecular weight excluding hydrogens is 527 g/mol. The Morgan fingerprint density at radius 3 is 2.33 bits per heavy atom. The molecule has 1 saturated carbocycles. The largest absolute Gasteiger partial charge is 0.308 e. The monoisotopic (exact) mass is 535 g/mol. The van der Waals surface area contributed by atoms with Crippen LogP contribution >= 0.6 is 54.7 Å². The molecule has 2 rings (SSSR count). The highest BCUT2D eigenvalue weighted by Crippen LogP contribution is 2.66. The van der Waals surface area contributed by atoms with Gasteiger partial charge in [-0.2, -0.15) is 5.10 Å². The van der Waals surface area contributed by atoms with Crippen LogP contribution in [0.4, 0.5) is 8.78 Å². The maximum Gasteiger partial charge on any atom is 0.233 e. The lowest BCUT2D eigenvalue weighted by Gasteiger charge is -2.15. The number of halogens is 5. The van der Waals surface area contributed by atoms with Crippen molar-refractivity contribution in [2.45, 2.75) is 16.6 Å². The first-order valence-electron chi connectivity index (χ1n) is 5.80. The maximum absolute atomic E-state index is 13.8. The third kappa shape index (κ3) is 3.24. The van der Waals surface area contributed by atoms with Crippen LogP contribution < -0.4 is 8.96 Å². The smallest absolute Gasteiger partial charge is 0.233 e. The van der Waals surface area contributed by atoms with Gasteiger partial charge in [-0.05, 0) is 25.5 Å². The van der Waals surface area contributed by atoms with Gasteiger partial charge in [0.25, 0.3) is 0 Å². The zero-order valence-corrected chi connectivity index (χ0v) is 16.0. The van der Waals surface area contributed by atoms with Crippen LogP contribution in [0.5, 0.6) is 0 Å². The number of amides is 1. The van der Waals surface area contributed by atoms with Gasteiger partial charge in [0, 0.05) is 0 Å². The van der Waals surface area contributed by atoms with Gasteiger partial charge in [-0.1, -0.05) is 37.9 Å². The van der Waals surface area contributed by atoms with Crippen molar-refractivity contribution in [2.75, 3.05) is 0 Å². The normalized spacial score (nSPS) is 23.6. The van der Waals surface area contributed by atoms with Crippen LogP contribution in [0.2, 0.25) is 0 Å². The van der Waals surface area contributed by atoms with E-state index in [4.69, 9.17) is 0 Å². The van der Waals surface area contributed by atoms with Gasteiger partial charge in [0.1, 0.15) is 11.6 Å². The van der Waals surface area contributed by atoms with Crippen LogP contribution in [0.25, 0.3) is 0 Å². The number of hydrogen-bond donors (Lipinski definition) is 2. The lowest BCUT2D eigenvalue weighted by molar-refractivity contribution is -0.124. The topological polar surface area (TPSA) is 53.5 Å². The van der Waals surface area contributed by atoms with E-state index in [2.05, 4.69) is 45.9 Å². The highest BCUT2D eigenvalue weighted by atomic mass is 127. The number of carbonyl (C=O) groups is 1. The molecular formula is C12H10Br2F2IN3O. The molecule has 1 aliphatic carbocycles. The molecule has 0 aliphatic heterocycles. The van der Waals surface area contributed by atoms with Gasteiger partial charge in [-0.3, -0.25) is 4.79 Å². The van der Waals surface area contributed by atoms with Gasteiger partial charge >= 0.3 is 0 Å². The van der Waals surface area contributed by atoms with Crippen molar-refractivity contribution < 1.29 is 13.6 Å². The second-order valence-corrected chi connectivity index (χ2v) is 9.06. The number of carbonyl (C=O) groups excluding carboxylic acids is 1. The summed E-state index contributed by atoms with van der Waals surface area (Å²) in [5.41, 5.74) is -1.10. The van der Waals surface area contributed by atoms with Gasteiger partial charge in [0.15, 0.2) is 5.84 Å². The van der Waals surface area contributed by atoms with Crippen LogP contribution in [0.15, 0.2) is 23.3 Å².